The second-order valence-corrected chi connectivity index (χ2v) is 7.22. The van der Waals surface area contributed by atoms with E-state index < -0.39 is 12.0 Å². The van der Waals surface area contributed by atoms with Crippen LogP contribution in [0.5, 0.6) is 17.2 Å². The maximum Gasteiger partial charge on any atom is 0.284 e. The Labute approximate surface area is 191 Å². The fraction of sp³-hybridized carbons (Fsp3) is 0.160. The van der Waals surface area contributed by atoms with Crippen LogP contribution in [0, 0.1) is 0 Å². The Bertz CT molecular complexity index is 1120. The van der Waals surface area contributed by atoms with Gasteiger partial charge in [-0.1, -0.05) is 42.5 Å². The second kappa shape index (κ2) is 10.8. The third kappa shape index (κ3) is 6.33. The number of amides is 2. The highest BCUT2D eigenvalue weighted by molar-refractivity contribution is 5.85. The van der Waals surface area contributed by atoms with E-state index in [9.17, 15) is 9.59 Å². The number of carbonyl (C=O) groups excluding carboxylic acids is 2. The zero-order valence-electron chi connectivity index (χ0n) is 17.8. The first kappa shape index (κ1) is 21.9. The molecule has 0 saturated heterocycles. The summed E-state index contributed by atoms with van der Waals surface area (Å²) in [5, 5.41) is 6.77. The van der Waals surface area contributed by atoms with Crippen molar-refractivity contribution >= 4 is 18.0 Å². The second-order valence-electron chi connectivity index (χ2n) is 7.22. The molecular weight excluding hydrogens is 422 g/mol. The first-order chi connectivity index (χ1) is 16.2. The number of nitrogens with one attached hydrogen (secondary N) is 2. The summed E-state index contributed by atoms with van der Waals surface area (Å²) in [6.07, 6.45) is 0.729. The molecule has 1 atom stereocenters. The number of benzene rings is 3. The monoisotopic (exact) mass is 445 g/mol. The normalized spacial score (nSPS) is 14.5. The Hall–Kier alpha value is -4.33. The molecule has 2 amide bonds. The number of nitrogens with zero attached hydrogens (tertiary/aromatic N) is 1. The number of rotatable bonds is 8. The molecule has 8 heteroatoms. The molecule has 1 aliphatic rings. The van der Waals surface area contributed by atoms with Gasteiger partial charge in [-0.2, -0.15) is 5.10 Å². The molecular formula is C25H23N3O5. The van der Waals surface area contributed by atoms with Gasteiger partial charge in [0.1, 0.15) is 12.4 Å². The molecule has 0 aliphatic carbocycles. The van der Waals surface area contributed by atoms with E-state index in [2.05, 4.69) is 15.8 Å². The van der Waals surface area contributed by atoms with E-state index in [0.29, 0.717) is 23.8 Å². The number of hydrogen-bond acceptors (Lipinski definition) is 6. The molecule has 1 heterocycles. The van der Waals surface area contributed by atoms with Gasteiger partial charge in [-0.25, -0.2) is 5.43 Å². The summed E-state index contributed by atoms with van der Waals surface area (Å²) in [6.45, 7) is 0.487. The number of hydrogen-bond donors (Lipinski definition) is 2. The van der Waals surface area contributed by atoms with Gasteiger partial charge in [0.25, 0.3) is 11.8 Å². The van der Waals surface area contributed by atoms with Crippen LogP contribution in [0.3, 0.4) is 0 Å². The molecule has 1 aliphatic heterocycles. The van der Waals surface area contributed by atoms with Crippen molar-refractivity contribution in [1.82, 2.24) is 10.7 Å². The highest BCUT2D eigenvalue weighted by Crippen LogP contribution is 2.30. The highest BCUT2D eigenvalue weighted by atomic mass is 16.6. The van der Waals surface area contributed by atoms with E-state index in [0.717, 1.165) is 11.1 Å². The van der Waals surface area contributed by atoms with Crippen LogP contribution in [-0.4, -0.2) is 37.3 Å². The van der Waals surface area contributed by atoms with E-state index in [1.807, 2.05) is 42.5 Å². The van der Waals surface area contributed by atoms with Crippen molar-refractivity contribution in [3.63, 3.8) is 0 Å². The van der Waals surface area contributed by atoms with Crippen LogP contribution in [0.2, 0.25) is 0 Å². The number of fused-ring (bicyclic) bond motifs is 1. The van der Waals surface area contributed by atoms with Crippen molar-refractivity contribution in [1.29, 1.82) is 0 Å². The molecule has 0 bridgehead atoms. The smallest absolute Gasteiger partial charge is 0.284 e. The minimum absolute atomic E-state index is 0.0804. The summed E-state index contributed by atoms with van der Waals surface area (Å²) in [5.74, 6) is 1.08. The van der Waals surface area contributed by atoms with E-state index in [1.54, 1.807) is 36.4 Å². The molecule has 0 spiro atoms. The number of carbonyl (C=O) groups is 2. The quantitative estimate of drug-likeness (QED) is 0.410. The molecule has 0 unspecified atom stereocenters. The van der Waals surface area contributed by atoms with Gasteiger partial charge in [-0.3, -0.25) is 9.59 Å². The third-order valence-corrected chi connectivity index (χ3v) is 4.77. The Morgan fingerprint density at radius 2 is 1.70 bits per heavy atom. The lowest BCUT2D eigenvalue weighted by Gasteiger charge is -2.24. The Morgan fingerprint density at radius 3 is 2.48 bits per heavy atom. The van der Waals surface area contributed by atoms with Crippen molar-refractivity contribution in [2.24, 2.45) is 5.10 Å². The molecule has 4 rings (SSSR count). The van der Waals surface area contributed by atoms with Crippen molar-refractivity contribution in [2.75, 3.05) is 13.2 Å². The van der Waals surface area contributed by atoms with E-state index in [-0.39, 0.29) is 19.1 Å². The predicted octanol–water partition coefficient (Wildman–Crippen LogP) is 2.67. The first-order valence-corrected chi connectivity index (χ1v) is 10.4. The van der Waals surface area contributed by atoms with Gasteiger partial charge in [0, 0.05) is 6.54 Å². The average molecular weight is 445 g/mol. The molecule has 0 fully saturated rings. The van der Waals surface area contributed by atoms with Gasteiger partial charge < -0.3 is 19.5 Å². The maximum atomic E-state index is 12.3. The molecule has 168 valence electrons. The summed E-state index contributed by atoms with van der Waals surface area (Å²) in [6, 6.07) is 23.8. The topological polar surface area (TPSA) is 98.2 Å². The average Bonchev–Trinajstić information content (AvgIpc) is 2.87. The van der Waals surface area contributed by atoms with Gasteiger partial charge in [-0.15, -0.1) is 0 Å². The molecule has 8 nitrogen and oxygen atoms in total. The van der Waals surface area contributed by atoms with E-state index in [1.165, 1.54) is 6.21 Å². The van der Waals surface area contributed by atoms with Crippen LogP contribution in [0.15, 0.2) is 84.0 Å². The summed E-state index contributed by atoms with van der Waals surface area (Å²) < 4.78 is 16.7. The van der Waals surface area contributed by atoms with E-state index in [4.69, 9.17) is 14.2 Å². The molecule has 2 N–H and O–H groups in total. The van der Waals surface area contributed by atoms with E-state index >= 15 is 0 Å². The van der Waals surface area contributed by atoms with Gasteiger partial charge in [-0.05, 0) is 47.5 Å². The SMILES string of the molecule is O=C(COc1ccc(/C=N\NC(=O)[C@H]2COc3ccccc3O2)cc1)NCc1ccccc1. The van der Waals surface area contributed by atoms with Crippen LogP contribution in [-0.2, 0) is 16.1 Å². The number of hydrazone groups is 1. The lowest BCUT2D eigenvalue weighted by Crippen LogP contribution is -2.42. The molecule has 0 saturated carbocycles. The highest BCUT2D eigenvalue weighted by Gasteiger charge is 2.26. The zero-order chi connectivity index (χ0) is 22.9. The van der Waals surface area contributed by atoms with Crippen molar-refractivity contribution < 1.29 is 23.8 Å². The summed E-state index contributed by atoms with van der Waals surface area (Å²) in [4.78, 5) is 24.2. The lowest BCUT2D eigenvalue weighted by atomic mass is 10.2. The predicted molar refractivity (Wildman–Crippen MR) is 122 cm³/mol. The Morgan fingerprint density at radius 1 is 0.970 bits per heavy atom. The molecule has 0 aromatic heterocycles. The van der Waals surface area contributed by atoms with Crippen LogP contribution < -0.4 is 25.0 Å². The Kier molecular flexibility index (Phi) is 7.17. The molecule has 3 aromatic rings. The van der Waals surface area contributed by atoms with Crippen LogP contribution in [0.25, 0.3) is 0 Å². The van der Waals surface area contributed by atoms with Crippen LogP contribution >= 0.6 is 0 Å². The lowest BCUT2D eigenvalue weighted by molar-refractivity contribution is -0.130. The molecule has 0 radical (unpaired) electrons. The van der Waals surface area contributed by atoms with Gasteiger partial charge in [0.15, 0.2) is 18.1 Å². The van der Waals surface area contributed by atoms with Crippen LogP contribution in [0.4, 0.5) is 0 Å². The maximum absolute atomic E-state index is 12.3. The summed E-state index contributed by atoms with van der Waals surface area (Å²) in [5.41, 5.74) is 4.23. The molecule has 33 heavy (non-hydrogen) atoms. The molecule has 3 aromatic carbocycles. The fourth-order valence-electron chi connectivity index (χ4n) is 3.04. The van der Waals surface area contributed by atoms with Gasteiger partial charge >= 0.3 is 0 Å². The number of ether oxygens (including phenoxy) is 3. The van der Waals surface area contributed by atoms with Crippen LogP contribution in [0.1, 0.15) is 11.1 Å². The largest absolute Gasteiger partial charge is 0.485 e. The number of para-hydroxylation sites is 2. The summed E-state index contributed by atoms with van der Waals surface area (Å²) >= 11 is 0. The van der Waals surface area contributed by atoms with Gasteiger partial charge in [0.05, 0.1) is 6.21 Å². The van der Waals surface area contributed by atoms with Gasteiger partial charge in [0.2, 0.25) is 6.10 Å². The standard InChI is InChI=1S/C25H23N3O5/c29-24(26-14-18-6-2-1-3-7-18)17-31-20-12-10-19(11-13-20)15-27-28-25(30)23-16-32-21-8-4-5-9-22(21)33-23/h1-13,15,23H,14,16-17H2,(H,26,29)(H,28,30)/b27-15-/t23-/m1/s1. The summed E-state index contributed by atoms with van der Waals surface area (Å²) in [7, 11) is 0. The fourth-order valence-corrected chi connectivity index (χ4v) is 3.04. The minimum atomic E-state index is -0.777. The van der Waals surface area contributed by atoms with Crippen molar-refractivity contribution in [2.45, 2.75) is 12.6 Å². The Balaban J connectivity index is 1.19. The third-order valence-electron chi connectivity index (χ3n) is 4.77. The first-order valence-electron chi connectivity index (χ1n) is 10.4. The van der Waals surface area contributed by atoms with Crippen molar-refractivity contribution in [3.8, 4) is 17.2 Å². The van der Waals surface area contributed by atoms with Crippen molar-refractivity contribution in [3.05, 3.63) is 90.0 Å². The minimum Gasteiger partial charge on any atom is -0.485 e. The zero-order valence-corrected chi connectivity index (χ0v) is 17.8.